The minimum atomic E-state index is -1.14. The number of carboxylic acid groups (broad SMARTS) is 1. The molecule has 1 aromatic rings. The van der Waals surface area contributed by atoms with E-state index in [4.69, 9.17) is 14.3 Å². The molecular weight excluding hydrogens is 250 g/mol. The highest BCUT2D eigenvalue weighted by molar-refractivity contribution is 5.84. The second-order valence-electron chi connectivity index (χ2n) is 5.27. The first kappa shape index (κ1) is 15.1. The summed E-state index contributed by atoms with van der Waals surface area (Å²) < 4.78 is 10.4. The van der Waals surface area contributed by atoms with Gasteiger partial charge >= 0.3 is 12.1 Å². The highest BCUT2D eigenvalue weighted by Gasteiger charge is 2.25. The average molecular weight is 269 g/mol. The maximum absolute atomic E-state index is 11.9. The predicted molar refractivity (Wildman–Crippen MR) is 68.1 cm³/mol. The van der Waals surface area contributed by atoms with E-state index in [9.17, 15) is 9.59 Å². The third-order valence-corrected chi connectivity index (χ3v) is 2.51. The first-order valence-corrected chi connectivity index (χ1v) is 5.90. The average Bonchev–Trinajstić information content (AvgIpc) is 2.73. The van der Waals surface area contributed by atoms with Crippen LogP contribution >= 0.6 is 0 Å². The summed E-state index contributed by atoms with van der Waals surface area (Å²) in [4.78, 5) is 23.9. The fourth-order valence-electron chi connectivity index (χ4n) is 1.38. The summed E-state index contributed by atoms with van der Waals surface area (Å²) in [5, 5.41) is 8.78. The predicted octanol–water partition coefficient (Wildman–Crippen LogP) is 2.91. The molecule has 0 aliphatic heterocycles. The van der Waals surface area contributed by atoms with E-state index in [2.05, 4.69) is 0 Å². The summed E-state index contributed by atoms with van der Waals surface area (Å²) in [5.41, 5.74) is -0.583. The summed E-state index contributed by atoms with van der Waals surface area (Å²) in [5.74, 6) is -0.899. The van der Waals surface area contributed by atoms with Gasteiger partial charge in [-0.2, -0.15) is 0 Å². The Bertz CT molecular complexity index is 472. The molecule has 1 heterocycles. The third kappa shape index (κ3) is 4.01. The van der Waals surface area contributed by atoms with E-state index >= 15 is 0 Å². The number of furan rings is 1. The maximum atomic E-state index is 11.9. The lowest BCUT2D eigenvalue weighted by atomic mass is 10.2. The minimum absolute atomic E-state index is 0.153. The van der Waals surface area contributed by atoms with Crippen LogP contribution in [0.25, 0.3) is 0 Å². The van der Waals surface area contributed by atoms with Crippen molar-refractivity contribution >= 4 is 12.1 Å². The molecule has 0 radical (unpaired) electrons. The van der Waals surface area contributed by atoms with Crippen LogP contribution in [0.15, 0.2) is 16.5 Å². The van der Waals surface area contributed by atoms with Gasteiger partial charge in [-0.1, -0.05) is 0 Å². The summed E-state index contributed by atoms with van der Waals surface area (Å²) in [7, 11) is 1.57. The van der Waals surface area contributed by atoms with E-state index in [0.29, 0.717) is 5.76 Å². The number of carbonyl (C=O) groups is 2. The van der Waals surface area contributed by atoms with Gasteiger partial charge in [0.25, 0.3) is 0 Å². The van der Waals surface area contributed by atoms with Crippen molar-refractivity contribution < 1.29 is 23.8 Å². The Morgan fingerprint density at radius 2 is 1.95 bits per heavy atom. The Morgan fingerprint density at radius 3 is 2.37 bits per heavy atom. The lowest BCUT2D eigenvalue weighted by Gasteiger charge is -2.27. The molecule has 106 valence electrons. The van der Waals surface area contributed by atoms with Crippen LogP contribution in [0.2, 0.25) is 0 Å². The molecule has 6 heteroatoms. The highest BCUT2D eigenvalue weighted by Crippen LogP contribution is 2.23. The molecule has 0 bridgehead atoms. The number of carbonyl (C=O) groups excluding carboxylic acids is 1. The van der Waals surface area contributed by atoms with Crippen LogP contribution in [0, 0.1) is 0 Å². The summed E-state index contributed by atoms with van der Waals surface area (Å²) in [6, 6.07) is 2.48. The normalized spacial score (nSPS) is 12.9. The molecule has 0 aliphatic rings. The Morgan fingerprint density at radius 1 is 1.37 bits per heavy atom. The van der Waals surface area contributed by atoms with Gasteiger partial charge in [-0.3, -0.25) is 0 Å². The van der Waals surface area contributed by atoms with E-state index in [0.717, 1.165) is 0 Å². The molecule has 0 spiro atoms. The number of hydrogen-bond acceptors (Lipinski definition) is 4. The van der Waals surface area contributed by atoms with Crippen molar-refractivity contribution in [3.05, 3.63) is 23.7 Å². The van der Waals surface area contributed by atoms with Crippen molar-refractivity contribution in [3.63, 3.8) is 0 Å². The summed E-state index contributed by atoms with van der Waals surface area (Å²) in [6.07, 6.45) is -0.492. The van der Waals surface area contributed by atoms with Crippen molar-refractivity contribution in [2.75, 3.05) is 7.05 Å². The van der Waals surface area contributed by atoms with E-state index < -0.39 is 23.7 Å². The lowest BCUT2D eigenvalue weighted by Crippen LogP contribution is -2.35. The first-order valence-electron chi connectivity index (χ1n) is 5.90. The van der Waals surface area contributed by atoms with E-state index in [1.54, 1.807) is 34.7 Å². The standard InChI is InChI=1S/C13H19NO5/c1-8(9-6-7-10(18-9)11(15)16)14(5)12(17)19-13(2,3)4/h6-8H,1-5H3,(H,15,16)/t8-/m0/s1. The van der Waals surface area contributed by atoms with Crippen LogP contribution in [-0.2, 0) is 4.74 Å². The lowest BCUT2D eigenvalue weighted by molar-refractivity contribution is 0.0216. The maximum Gasteiger partial charge on any atom is 0.410 e. The van der Waals surface area contributed by atoms with Crippen molar-refractivity contribution in [2.45, 2.75) is 39.3 Å². The van der Waals surface area contributed by atoms with Gasteiger partial charge < -0.3 is 19.2 Å². The molecule has 6 nitrogen and oxygen atoms in total. The second kappa shape index (κ2) is 5.34. The van der Waals surface area contributed by atoms with E-state index in [-0.39, 0.29) is 5.76 Å². The van der Waals surface area contributed by atoms with Crippen molar-refractivity contribution in [1.82, 2.24) is 4.90 Å². The van der Waals surface area contributed by atoms with Crippen molar-refractivity contribution in [1.29, 1.82) is 0 Å². The van der Waals surface area contributed by atoms with Crippen LogP contribution in [-0.4, -0.2) is 34.7 Å². The zero-order chi connectivity index (χ0) is 14.8. The van der Waals surface area contributed by atoms with E-state index in [1.807, 2.05) is 0 Å². The molecule has 0 aromatic carbocycles. The van der Waals surface area contributed by atoms with E-state index in [1.165, 1.54) is 17.0 Å². The molecule has 1 aromatic heterocycles. The SMILES string of the molecule is C[C@@H](c1ccc(C(=O)O)o1)N(C)C(=O)OC(C)(C)C. The smallest absolute Gasteiger partial charge is 0.410 e. The van der Waals surface area contributed by atoms with Gasteiger partial charge in [0, 0.05) is 7.05 Å². The third-order valence-electron chi connectivity index (χ3n) is 2.51. The molecule has 1 atom stereocenters. The largest absolute Gasteiger partial charge is 0.475 e. The minimum Gasteiger partial charge on any atom is -0.475 e. The van der Waals surface area contributed by atoms with Gasteiger partial charge in [0.15, 0.2) is 0 Å². The molecule has 0 unspecified atom stereocenters. The number of amides is 1. The number of aromatic carboxylic acids is 1. The van der Waals surface area contributed by atoms with Crippen LogP contribution in [0.3, 0.4) is 0 Å². The first-order chi connectivity index (χ1) is 8.61. The molecule has 0 fully saturated rings. The van der Waals surface area contributed by atoms with Gasteiger partial charge in [0.1, 0.15) is 11.4 Å². The highest BCUT2D eigenvalue weighted by atomic mass is 16.6. The van der Waals surface area contributed by atoms with Gasteiger partial charge in [-0.15, -0.1) is 0 Å². The van der Waals surface area contributed by atoms with Gasteiger partial charge in [-0.25, -0.2) is 9.59 Å². The Kier molecular flexibility index (Phi) is 4.24. The zero-order valence-corrected chi connectivity index (χ0v) is 11.8. The molecule has 0 saturated carbocycles. The summed E-state index contributed by atoms with van der Waals surface area (Å²) in [6.45, 7) is 7.06. The van der Waals surface area contributed by atoms with Crippen LogP contribution < -0.4 is 0 Å². The molecule has 1 amide bonds. The zero-order valence-electron chi connectivity index (χ0n) is 11.8. The quantitative estimate of drug-likeness (QED) is 0.912. The van der Waals surface area contributed by atoms with Crippen LogP contribution in [0.5, 0.6) is 0 Å². The van der Waals surface area contributed by atoms with Crippen LogP contribution in [0.1, 0.15) is 50.1 Å². The number of carboxylic acids is 1. The summed E-state index contributed by atoms with van der Waals surface area (Å²) >= 11 is 0. The molecule has 19 heavy (non-hydrogen) atoms. The topological polar surface area (TPSA) is 80.0 Å². The fourth-order valence-corrected chi connectivity index (χ4v) is 1.38. The van der Waals surface area contributed by atoms with Gasteiger partial charge in [-0.05, 0) is 39.8 Å². The molecular formula is C13H19NO5. The number of ether oxygens (including phenoxy) is 1. The Hall–Kier alpha value is -1.98. The Labute approximate surface area is 112 Å². The molecule has 1 N–H and O–H groups in total. The molecule has 0 saturated heterocycles. The van der Waals surface area contributed by atoms with Crippen LogP contribution in [0.4, 0.5) is 4.79 Å². The molecule has 0 aliphatic carbocycles. The fraction of sp³-hybridized carbons (Fsp3) is 0.538. The van der Waals surface area contributed by atoms with Gasteiger partial charge in [0.2, 0.25) is 5.76 Å². The molecule has 1 rings (SSSR count). The number of rotatable bonds is 3. The van der Waals surface area contributed by atoms with Crippen molar-refractivity contribution in [3.8, 4) is 0 Å². The monoisotopic (exact) mass is 269 g/mol. The van der Waals surface area contributed by atoms with Crippen molar-refractivity contribution in [2.24, 2.45) is 0 Å². The second-order valence-corrected chi connectivity index (χ2v) is 5.27. The van der Waals surface area contributed by atoms with Gasteiger partial charge in [0.05, 0.1) is 6.04 Å². The number of nitrogens with zero attached hydrogens (tertiary/aromatic N) is 1. The Balaban J connectivity index is 2.78. The number of hydrogen-bond donors (Lipinski definition) is 1.